The first-order chi connectivity index (χ1) is 8.51. The van der Waals surface area contributed by atoms with Crippen molar-refractivity contribution in [1.29, 1.82) is 0 Å². The van der Waals surface area contributed by atoms with E-state index in [1.165, 1.54) is 6.07 Å². The van der Waals surface area contributed by atoms with Crippen LogP contribution in [0.5, 0.6) is 0 Å². The summed E-state index contributed by atoms with van der Waals surface area (Å²) in [5.74, 6) is -0.285. The highest BCUT2D eigenvalue weighted by Gasteiger charge is 2.42. The van der Waals surface area contributed by atoms with E-state index in [-0.39, 0.29) is 5.41 Å². The first-order valence-electron chi connectivity index (χ1n) is 6.65. The van der Waals surface area contributed by atoms with Crippen LogP contribution in [0.3, 0.4) is 0 Å². The van der Waals surface area contributed by atoms with Gasteiger partial charge in [0.25, 0.3) is 0 Å². The number of halogens is 2. The molecule has 0 amide bonds. The van der Waals surface area contributed by atoms with Crippen molar-refractivity contribution in [1.82, 2.24) is 5.32 Å². The second kappa shape index (κ2) is 5.35. The molecule has 1 aromatic rings. The van der Waals surface area contributed by atoms with Gasteiger partial charge in [-0.15, -0.1) is 0 Å². The number of rotatable bonds is 6. The summed E-state index contributed by atoms with van der Waals surface area (Å²) in [6.45, 7) is 6.27. The Hall–Kier alpha value is -0.960. The average Bonchev–Trinajstić information content (AvgIpc) is 3.02. The van der Waals surface area contributed by atoms with Gasteiger partial charge in [0, 0.05) is 12.6 Å². The smallest absolute Gasteiger partial charge is 0.129 e. The van der Waals surface area contributed by atoms with Gasteiger partial charge in [0.05, 0.1) is 0 Å². The number of hydrogen-bond donors (Lipinski definition) is 1. The van der Waals surface area contributed by atoms with Crippen molar-refractivity contribution in [3.8, 4) is 0 Å². The van der Waals surface area contributed by atoms with Crippen molar-refractivity contribution < 1.29 is 8.78 Å². The van der Waals surface area contributed by atoms with Crippen molar-refractivity contribution in [2.75, 3.05) is 13.1 Å². The van der Waals surface area contributed by atoms with Crippen LogP contribution < -0.4 is 5.32 Å². The maximum atomic E-state index is 13.6. The second-order valence-corrected chi connectivity index (χ2v) is 5.94. The molecule has 0 bridgehead atoms. The molecule has 100 valence electrons. The van der Waals surface area contributed by atoms with E-state index in [1.54, 1.807) is 6.07 Å². The highest BCUT2D eigenvalue weighted by molar-refractivity contribution is 5.22. The van der Waals surface area contributed by atoms with Crippen LogP contribution in [0.15, 0.2) is 18.2 Å². The van der Waals surface area contributed by atoms with Gasteiger partial charge in [-0.05, 0) is 48.8 Å². The predicted octanol–water partition coefficient (Wildman–Crippen LogP) is 3.53. The molecule has 2 rings (SSSR count). The quantitative estimate of drug-likeness (QED) is 0.817. The molecule has 0 spiro atoms. The lowest BCUT2D eigenvalue weighted by Crippen LogP contribution is -2.28. The van der Waals surface area contributed by atoms with E-state index in [4.69, 9.17) is 0 Å². The van der Waals surface area contributed by atoms with Crippen LogP contribution >= 0.6 is 0 Å². The fourth-order valence-electron chi connectivity index (χ4n) is 2.29. The molecule has 3 heteroatoms. The Bertz CT molecular complexity index is 411. The maximum Gasteiger partial charge on any atom is 0.129 e. The highest BCUT2D eigenvalue weighted by Crippen LogP contribution is 2.48. The molecule has 0 unspecified atom stereocenters. The van der Waals surface area contributed by atoms with Gasteiger partial charge < -0.3 is 5.32 Å². The lowest BCUT2D eigenvalue weighted by atomic mass is 9.96. The zero-order valence-corrected chi connectivity index (χ0v) is 11.1. The summed E-state index contributed by atoms with van der Waals surface area (Å²) in [7, 11) is 0. The van der Waals surface area contributed by atoms with E-state index in [0.717, 1.165) is 32.0 Å². The molecule has 1 fully saturated rings. The van der Waals surface area contributed by atoms with Gasteiger partial charge in [0.1, 0.15) is 11.6 Å². The molecule has 1 aliphatic rings. The Labute approximate surface area is 108 Å². The Morgan fingerprint density at radius 1 is 1.28 bits per heavy atom. The lowest BCUT2D eigenvalue weighted by Gasteiger charge is -2.17. The van der Waals surface area contributed by atoms with Gasteiger partial charge in [-0.2, -0.15) is 0 Å². The van der Waals surface area contributed by atoms with Gasteiger partial charge in [0.15, 0.2) is 0 Å². The molecule has 0 saturated heterocycles. The van der Waals surface area contributed by atoms with Crippen LogP contribution in [0.1, 0.15) is 32.3 Å². The Morgan fingerprint density at radius 3 is 2.56 bits per heavy atom. The van der Waals surface area contributed by atoms with Crippen LogP contribution in [0.2, 0.25) is 0 Å². The van der Waals surface area contributed by atoms with Crippen molar-refractivity contribution >= 4 is 0 Å². The normalized spacial score (nSPS) is 17.2. The number of hydrogen-bond acceptors (Lipinski definition) is 1. The van der Waals surface area contributed by atoms with Crippen LogP contribution in [-0.2, 0) is 6.42 Å². The van der Waals surface area contributed by atoms with E-state index >= 15 is 0 Å². The SMILES string of the molecule is CC(C)CNCC1(Cc2ccc(F)cc2F)CC1. The van der Waals surface area contributed by atoms with Crippen LogP contribution in [0.25, 0.3) is 0 Å². The highest BCUT2D eigenvalue weighted by atomic mass is 19.1. The fraction of sp³-hybridized carbons (Fsp3) is 0.600. The van der Waals surface area contributed by atoms with E-state index in [1.807, 2.05) is 0 Å². The molecule has 0 aromatic heterocycles. The standard InChI is InChI=1S/C15H21F2N/c1-11(2)9-18-10-15(5-6-15)8-12-3-4-13(16)7-14(12)17/h3-4,7,11,18H,5-6,8-10H2,1-2H3. The summed E-state index contributed by atoms with van der Waals surface area (Å²) < 4.78 is 26.4. The predicted molar refractivity (Wildman–Crippen MR) is 69.4 cm³/mol. The van der Waals surface area contributed by atoms with E-state index in [0.29, 0.717) is 17.9 Å². The van der Waals surface area contributed by atoms with Crippen LogP contribution in [0, 0.1) is 23.0 Å². The minimum atomic E-state index is -0.501. The van der Waals surface area contributed by atoms with Gasteiger partial charge >= 0.3 is 0 Å². The van der Waals surface area contributed by atoms with Gasteiger partial charge in [-0.25, -0.2) is 8.78 Å². The molecular formula is C15H21F2N. The minimum absolute atomic E-state index is 0.202. The molecule has 0 aliphatic heterocycles. The zero-order chi connectivity index (χ0) is 13.2. The summed E-state index contributed by atoms with van der Waals surface area (Å²) in [4.78, 5) is 0. The number of nitrogens with one attached hydrogen (secondary N) is 1. The first kappa shape index (κ1) is 13.5. The average molecular weight is 253 g/mol. The van der Waals surface area contributed by atoms with Crippen molar-refractivity contribution in [2.45, 2.75) is 33.1 Å². The molecule has 1 saturated carbocycles. The third-order valence-corrected chi connectivity index (χ3v) is 3.59. The first-order valence-corrected chi connectivity index (χ1v) is 6.65. The largest absolute Gasteiger partial charge is 0.316 e. The summed E-state index contributed by atoms with van der Waals surface area (Å²) in [5, 5.41) is 3.44. The molecule has 1 nitrogen and oxygen atoms in total. The molecule has 0 atom stereocenters. The molecule has 18 heavy (non-hydrogen) atoms. The third-order valence-electron chi connectivity index (χ3n) is 3.59. The summed E-state index contributed by atoms with van der Waals surface area (Å²) >= 11 is 0. The van der Waals surface area contributed by atoms with E-state index in [9.17, 15) is 8.78 Å². The topological polar surface area (TPSA) is 12.0 Å². The Kier molecular flexibility index (Phi) is 4.00. The molecule has 1 aliphatic carbocycles. The van der Waals surface area contributed by atoms with Gasteiger partial charge in [-0.3, -0.25) is 0 Å². The fourth-order valence-corrected chi connectivity index (χ4v) is 2.29. The molecule has 0 radical (unpaired) electrons. The van der Waals surface area contributed by atoms with E-state index in [2.05, 4.69) is 19.2 Å². The number of benzene rings is 1. The van der Waals surface area contributed by atoms with E-state index < -0.39 is 11.6 Å². The minimum Gasteiger partial charge on any atom is -0.316 e. The zero-order valence-electron chi connectivity index (χ0n) is 11.1. The molecule has 0 heterocycles. The molecular weight excluding hydrogens is 232 g/mol. The Balaban J connectivity index is 1.92. The van der Waals surface area contributed by atoms with Crippen molar-refractivity contribution in [3.63, 3.8) is 0 Å². The third kappa shape index (κ3) is 3.52. The van der Waals surface area contributed by atoms with Crippen LogP contribution in [0.4, 0.5) is 8.78 Å². The Morgan fingerprint density at radius 2 is 2.00 bits per heavy atom. The molecule has 1 N–H and O–H groups in total. The van der Waals surface area contributed by atoms with Crippen LogP contribution in [-0.4, -0.2) is 13.1 Å². The van der Waals surface area contributed by atoms with Gasteiger partial charge in [-0.1, -0.05) is 19.9 Å². The monoisotopic (exact) mass is 253 g/mol. The lowest BCUT2D eigenvalue weighted by molar-refractivity contribution is 0.424. The summed E-state index contributed by atoms with van der Waals surface area (Å²) in [5.41, 5.74) is 0.841. The summed E-state index contributed by atoms with van der Waals surface area (Å²) in [6.07, 6.45) is 2.98. The van der Waals surface area contributed by atoms with Crippen molar-refractivity contribution in [3.05, 3.63) is 35.4 Å². The maximum absolute atomic E-state index is 13.6. The summed E-state index contributed by atoms with van der Waals surface area (Å²) in [6, 6.07) is 3.90. The molecule has 1 aromatic carbocycles. The second-order valence-electron chi connectivity index (χ2n) is 5.94. The van der Waals surface area contributed by atoms with Gasteiger partial charge in [0.2, 0.25) is 0 Å². The van der Waals surface area contributed by atoms with Crippen molar-refractivity contribution in [2.24, 2.45) is 11.3 Å².